The zero-order valence-corrected chi connectivity index (χ0v) is 14.3. The van der Waals surface area contributed by atoms with Crippen LogP contribution in [0.5, 0.6) is 0 Å². The molecule has 0 radical (unpaired) electrons. The molecule has 3 nitrogen and oxygen atoms in total. The lowest BCUT2D eigenvalue weighted by Crippen LogP contribution is -2.40. The van der Waals surface area contributed by atoms with Crippen LogP contribution >= 0.6 is 11.3 Å². The molecule has 24 heavy (non-hydrogen) atoms. The van der Waals surface area contributed by atoms with Crippen molar-refractivity contribution in [2.75, 3.05) is 6.54 Å². The highest BCUT2D eigenvalue weighted by molar-refractivity contribution is 7.12. The van der Waals surface area contributed by atoms with Crippen LogP contribution in [0.25, 0.3) is 0 Å². The fourth-order valence-corrected chi connectivity index (χ4v) is 4.09. The quantitative estimate of drug-likeness (QED) is 0.702. The van der Waals surface area contributed by atoms with Gasteiger partial charge < -0.3 is 4.90 Å². The average Bonchev–Trinajstić information content (AvgIpc) is 3.15. The first-order chi connectivity index (χ1) is 11.7. The summed E-state index contributed by atoms with van der Waals surface area (Å²) in [6, 6.07) is 14.3. The Bertz CT molecular complexity index is 859. The molecule has 1 amide bonds. The van der Waals surface area contributed by atoms with Gasteiger partial charge >= 0.3 is 0 Å². The predicted octanol–water partition coefficient (Wildman–Crippen LogP) is 4.24. The Morgan fingerprint density at radius 3 is 2.92 bits per heavy atom. The topological polar surface area (TPSA) is 33.2 Å². The second kappa shape index (κ2) is 6.21. The maximum atomic E-state index is 13.0. The molecule has 1 aliphatic rings. The molecule has 1 aliphatic heterocycles. The maximum Gasteiger partial charge on any atom is 0.264 e. The molecule has 1 aromatic carbocycles. The van der Waals surface area contributed by atoms with Gasteiger partial charge in [-0.3, -0.25) is 9.78 Å². The third-order valence-corrected chi connectivity index (χ3v) is 5.38. The van der Waals surface area contributed by atoms with Crippen LogP contribution in [-0.2, 0) is 6.42 Å². The second-order valence-corrected chi connectivity index (χ2v) is 7.06. The van der Waals surface area contributed by atoms with Gasteiger partial charge in [0.25, 0.3) is 5.91 Å². The first-order valence-electron chi connectivity index (χ1n) is 8.08. The summed E-state index contributed by atoms with van der Waals surface area (Å²) in [6.45, 7) is 2.84. The number of carbonyl (C=O) groups is 1. The number of amides is 1. The van der Waals surface area contributed by atoms with E-state index in [1.165, 1.54) is 28.0 Å². The molecule has 1 atom stereocenters. The summed E-state index contributed by atoms with van der Waals surface area (Å²) in [7, 11) is 0. The van der Waals surface area contributed by atoms with Crippen molar-refractivity contribution < 1.29 is 4.79 Å². The minimum absolute atomic E-state index is 0.0716. The summed E-state index contributed by atoms with van der Waals surface area (Å²) >= 11 is 1.50. The third-order valence-electron chi connectivity index (χ3n) is 4.52. The average molecular weight is 334 g/mol. The number of hydrogen-bond acceptors (Lipinski definition) is 3. The van der Waals surface area contributed by atoms with Crippen LogP contribution in [0, 0.1) is 6.92 Å². The van der Waals surface area contributed by atoms with Crippen molar-refractivity contribution in [1.82, 2.24) is 9.88 Å². The normalized spacial score (nSPS) is 16.7. The van der Waals surface area contributed by atoms with Crippen molar-refractivity contribution in [1.29, 1.82) is 0 Å². The fourth-order valence-electron chi connectivity index (χ4n) is 3.41. The molecular weight excluding hydrogens is 316 g/mol. The fraction of sp³-hybridized carbons (Fsp3) is 0.200. The molecule has 1 unspecified atom stereocenters. The number of nitrogens with zero attached hydrogens (tertiary/aromatic N) is 2. The molecule has 0 fully saturated rings. The van der Waals surface area contributed by atoms with E-state index < -0.39 is 0 Å². The molecule has 3 heterocycles. The van der Waals surface area contributed by atoms with Crippen LogP contribution in [0.2, 0.25) is 0 Å². The van der Waals surface area contributed by atoms with E-state index in [1.54, 1.807) is 6.20 Å². The number of carbonyl (C=O) groups excluding carboxylic acids is 1. The monoisotopic (exact) mass is 334 g/mol. The highest BCUT2D eigenvalue weighted by Crippen LogP contribution is 2.36. The largest absolute Gasteiger partial charge is 0.326 e. The molecule has 0 N–H and O–H groups in total. The Hall–Kier alpha value is -2.46. The van der Waals surface area contributed by atoms with Crippen molar-refractivity contribution in [3.8, 4) is 0 Å². The molecule has 120 valence electrons. The van der Waals surface area contributed by atoms with E-state index in [1.807, 2.05) is 34.7 Å². The van der Waals surface area contributed by atoms with Crippen molar-refractivity contribution in [2.45, 2.75) is 19.4 Å². The molecular formula is C20H18N2OS. The predicted molar refractivity (Wildman–Crippen MR) is 96.3 cm³/mol. The Morgan fingerprint density at radius 1 is 1.25 bits per heavy atom. The van der Waals surface area contributed by atoms with Gasteiger partial charge in [-0.05, 0) is 47.5 Å². The molecule has 4 rings (SSSR count). The number of aromatic nitrogens is 1. The van der Waals surface area contributed by atoms with E-state index in [0.717, 1.165) is 23.4 Å². The summed E-state index contributed by atoms with van der Waals surface area (Å²) < 4.78 is 0. The van der Waals surface area contributed by atoms with Gasteiger partial charge in [0, 0.05) is 18.9 Å². The minimum atomic E-state index is -0.0716. The molecule has 3 aromatic rings. The van der Waals surface area contributed by atoms with Gasteiger partial charge in [-0.25, -0.2) is 0 Å². The Kier molecular flexibility index (Phi) is 3.90. The maximum absolute atomic E-state index is 13.0. The van der Waals surface area contributed by atoms with E-state index >= 15 is 0 Å². The van der Waals surface area contributed by atoms with Gasteiger partial charge in [0.05, 0.1) is 10.9 Å². The summed E-state index contributed by atoms with van der Waals surface area (Å²) in [5, 5.41) is 1.95. The van der Waals surface area contributed by atoms with Crippen molar-refractivity contribution in [3.05, 3.63) is 87.4 Å². The van der Waals surface area contributed by atoms with E-state index in [4.69, 9.17) is 0 Å². The standard InChI is InChI=1S/C20H18N2OS/c1-14-6-7-17-15(12-14)8-10-22(20(23)18-5-3-11-24-18)19(17)16-4-2-9-21-13-16/h2-7,9,11-13,19H,8,10H2,1H3. The molecule has 4 heteroatoms. The Morgan fingerprint density at radius 2 is 2.17 bits per heavy atom. The van der Waals surface area contributed by atoms with E-state index in [0.29, 0.717) is 0 Å². The van der Waals surface area contributed by atoms with Crippen LogP contribution < -0.4 is 0 Å². The van der Waals surface area contributed by atoms with E-state index in [9.17, 15) is 4.79 Å². The zero-order valence-electron chi connectivity index (χ0n) is 13.5. The molecule has 0 bridgehead atoms. The highest BCUT2D eigenvalue weighted by atomic mass is 32.1. The highest BCUT2D eigenvalue weighted by Gasteiger charge is 2.33. The summed E-state index contributed by atoms with van der Waals surface area (Å²) in [5.74, 6) is 0.102. The van der Waals surface area contributed by atoms with Crippen LogP contribution in [0.3, 0.4) is 0 Å². The first-order valence-corrected chi connectivity index (χ1v) is 8.96. The van der Waals surface area contributed by atoms with Crippen LogP contribution in [-0.4, -0.2) is 22.3 Å². The minimum Gasteiger partial charge on any atom is -0.326 e. The van der Waals surface area contributed by atoms with Gasteiger partial charge in [0.1, 0.15) is 0 Å². The van der Waals surface area contributed by atoms with Crippen LogP contribution in [0.1, 0.15) is 38.0 Å². The van der Waals surface area contributed by atoms with E-state index in [2.05, 4.69) is 36.2 Å². The smallest absolute Gasteiger partial charge is 0.264 e. The molecule has 0 aliphatic carbocycles. The van der Waals surface area contributed by atoms with Crippen molar-refractivity contribution >= 4 is 17.2 Å². The van der Waals surface area contributed by atoms with Crippen LogP contribution in [0.4, 0.5) is 0 Å². The number of rotatable bonds is 2. The van der Waals surface area contributed by atoms with Crippen molar-refractivity contribution in [3.63, 3.8) is 0 Å². The lowest BCUT2D eigenvalue weighted by Gasteiger charge is -2.37. The Labute approximate surface area is 145 Å². The summed E-state index contributed by atoms with van der Waals surface area (Å²) in [4.78, 5) is 20.1. The molecule has 0 spiro atoms. The van der Waals surface area contributed by atoms with Gasteiger partial charge in [-0.15, -0.1) is 11.3 Å². The molecule has 2 aromatic heterocycles. The lowest BCUT2D eigenvalue weighted by molar-refractivity contribution is 0.0699. The molecule has 0 saturated heterocycles. The number of fused-ring (bicyclic) bond motifs is 1. The number of pyridine rings is 1. The van der Waals surface area contributed by atoms with Gasteiger partial charge in [0.2, 0.25) is 0 Å². The van der Waals surface area contributed by atoms with Gasteiger partial charge in [-0.1, -0.05) is 35.9 Å². The third kappa shape index (κ3) is 2.63. The number of thiophene rings is 1. The first kappa shape index (κ1) is 15.1. The van der Waals surface area contributed by atoms with E-state index in [-0.39, 0.29) is 11.9 Å². The summed E-state index contributed by atoms with van der Waals surface area (Å²) in [5.41, 5.74) is 4.87. The number of aryl methyl sites for hydroxylation is 1. The number of benzene rings is 1. The number of hydrogen-bond donors (Lipinski definition) is 0. The zero-order chi connectivity index (χ0) is 16.5. The summed E-state index contributed by atoms with van der Waals surface area (Å²) in [6.07, 6.45) is 4.53. The SMILES string of the molecule is Cc1ccc2c(c1)CCN(C(=O)c1cccs1)C2c1cccnc1. The van der Waals surface area contributed by atoms with Gasteiger partial charge in [-0.2, -0.15) is 0 Å². The van der Waals surface area contributed by atoms with Crippen molar-refractivity contribution in [2.24, 2.45) is 0 Å². The van der Waals surface area contributed by atoms with Gasteiger partial charge in [0.15, 0.2) is 0 Å². The second-order valence-electron chi connectivity index (χ2n) is 6.12. The molecule has 0 saturated carbocycles. The lowest BCUT2D eigenvalue weighted by atomic mass is 9.87. The Balaban J connectivity index is 1.82. The van der Waals surface area contributed by atoms with Crippen LogP contribution in [0.15, 0.2) is 60.2 Å².